The van der Waals surface area contributed by atoms with Crippen LogP contribution in [0.5, 0.6) is 17.2 Å². The Balaban J connectivity index is 1.72. The van der Waals surface area contributed by atoms with Crippen LogP contribution in [0.4, 0.5) is 5.69 Å². The smallest absolute Gasteiger partial charge is 0.238 e. The number of carbonyl (C=O) groups excluding carboxylic acids is 1. The van der Waals surface area contributed by atoms with Gasteiger partial charge in [0.1, 0.15) is 5.75 Å². The van der Waals surface area contributed by atoms with Crippen LogP contribution in [0.25, 0.3) is 0 Å². The second-order valence-corrected chi connectivity index (χ2v) is 6.45. The van der Waals surface area contributed by atoms with Crippen LogP contribution in [-0.4, -0.2) is 51.8 Å². The molecule has 0 unspecified atom stereocenters. The Bertz CT molecular complexity index is 755. The molecule has 0 aliphatic rings. The van der Waals surface area contributed by atoms with Crippen LogP contribution in [0.1, 0.15) is 6.42 Å². The molecule has 146 valence electrons. The molecule has 2 aromatic carbocycles. The van der Waals surface area contributed by atoms with Gasteiger partial charge in [0, 0.05) is 23.3 Å². The molecule has 0 aromatic heterocycles. The standard InChI is InChI=1S/C20H25ClN2O4/c1-23(10-5-11-27-17-7-4-6-15(21)12-17)14-20(24)22-16-8-9-18(25-2)19(13-16)26-3/h4,6-9,12-13H,5,10-11,14H2,1-3H3,(H,22,24). The third-order valence-electron chi connectivity index (χ3n) is 3.83. The predicted octanol–water partition coefficient (Wildman–Crippen LogP) is 3.70. The molecule has 2 rings (SSSR count). The van der Waals surface area contributed by atoms with Crippen LogP contribution >= 0.6 is 11.6 Å². The van der Waals surface area contributed by atoms with E-state index in [0.717, 1.165) is 18.7 Å². The van der Waals surface area contributed by atoms with Crippen LogP contribution in [0.3, 0.4) is 0 Å². The summed E-state index contributed by atoms with van der Waals surface area (Å²) >= 11 is 5.92. The summed E-state index contributed by atoms with van der Waals surface area (Å²) in [5.41, 5.74) is 0.662. The SMILES string of the molecule is COc1ccc(NC(=O)CN(C)CCCOc2cccc(Cl)c2)cc1OC. The summed E-state index contributed by atoms with van der Waals surface area (Å²) in [6, 6.07) is 12.6. The highest BCUT2D eigenvalue weighted by Gasteiger charge is 2.09. The van der Waals surface area contributed by atoms with Crippen molar-refractivity contribution in [2.24, 2.45) is 0 Å². The first kappa shape index (κ1) is 20.9. The maximum absolute atomic E-state index is 12.2. The second-order valence-electron chi connectivity index (χ2n) is 6.02. The number of amides is 1. The van der Waals surface area contributed by atoms with Gasteiger partial charge >= 0.3 is 0 Å². The van der Waals surface area contributed by atoms with E-state index in [9.17, 15) is 4.79 Å². The molecule has 0 aliphatic heterocycles. The highest BCUT2D eigenvalue weighted by molar-refractivity contribution is 6.30. The third-order valence-corrected chi connectivity index (χ3v) is 4.06. The molecule has 7 heteroatoms. The quantitative estimate of drug-likeness (QED) is 0.625. The summed E-state index contributed by atoms with van der Waals surface area (Å²) in [6.07, 6.45) is 0.798. The number of nitrogens with one attached hydrogen (secondary N) is 1. The minimum Gasteiger partial charge on any atom is -0.493 e. The van der Waals surface area contributed by atoms with Gasteiger partial charge in [0.05, 0.1) is 27.4 Å². The fourth-order valence-corrected chi connectivity index (χ4v) is 2.70. The molecule has 0 radical (unpaired) electrons. The van der Waals surface area contributed by atoms with Crippen molar-refractivity contribution in [2.45, 2.75) is 6.42 Å². The lowest BCUT2D eigenvalue weighted by Crippen LogP contribution is -2.31. The van der Waals surface area contributed by atoms with Gasteiger partial charge in [-0.05, 0) is 43.8 Å². The molecule has 0 atom stereocenters. The number of ether oxygens (including phenoxy) is 3. The van der Waals surface area contributed by atoms with E-state index in [1.807, 2.05) is 24.1 Å². The molecular weight excluding hydrogens is 368 g/mol. The summed E-state index contributed by atoms with van der Waals surface area (Å²) in [5, 5.41) is 3.51. The number of halogens is 1. The van der Waals surface area contributed by atoms with Gasteiger partial charge < -0.3 is 19.5 Å². The molecule has 27 heavy (non-hydrogen) atoms. The van der Waals surface area contributed by atoms with E-state index in [2.05, 4.69) is 5.32 Å². The molecule has 0 spiro atoms. The van der Waals surface area contributed by atoms with Crippen LogP contribution in [-0.2, 0) is 4.79 Å². The topological polar surface area (TPSA) is 60.0 Å². The van der Waals surface area contributed by atoms with Gasteiger partial charge in [0.2, 0.25) is 5.91 Å². The van der Waals surface area contributed by atoms with Gasteiger partial charge in [-0.2, -0.15) is 0 Å². The molecule has 0 heterocycles. The highest BCUT2D eigenvalue weighted by Crippen LogP contribution is 2.29. The summed E-state index contributed by atoms with van der Waals surface area (Å²) in [6.45, 7) is 1.58. The number of anilines is 1. The average molecular weight is 393 g/mol. The summed E-state index contributed by atoms with van der Waals surface area (Å²) < 4.78 is 16.1. The van der Waals surface area contributed by atoms with E-state index >= 15 is 0 Å². The van der Waals surface area contributed by atoms with E-state index in [1.165, 1.54) is 0 Å². The lowest BCUT2D eigenvalue weighted by atomic mass is 10.2. The third kappa shape index (κ3) is 7.00. The number of hydrogen-bond donors (Lipinski definition) is 1. The lowest BCUT2D eigenvalue weighted by Gasteiger charge is -2.17. The van der Waals surface area contributed by atoms with E-state index in [1.54, 1.807) is 44.6 Å². The van der Waals surface area contributed by atoms with Gasteiger partial charge in [-0.1, -0.05) is 17.7 Å². The fourth-order valence-electron chi connectivity index (χ4n) is 2.52. The first-order valence-corrected chi connectivity index (χ1v) is 8.98. The van der Waals surface area contributed by atoms with E-state index in [0.29, 0.717) is 28.8 Å². The number of rotatable bonds is 10. The van der Waals surface area contributed by atoms with Crippen LogP contribution in [0.15, 0.2) is 42.5 Å². The molecule has 0 saturated heterocycles. The van der Waals surface area contributed by atoms with Crippen molar-refractivity contribution in [2.75, 3.05) is 46.3 Å². The largest absolute Gasteiger partial charge is 0.493 e. The first-order valence-electron chi connectivity index (χ1n) is 8.60. The van der Waals surface area contributed by atoms with Crippen molar-refractivity contribution in [1.29, 1.82) is 0 Å². The number of carbonyl (C=O) groups is 1. The zero-order valence-corrected chi connectivity index (χ0v) is 16.6. The van der Waals surface area contributed by atoms with Crippen LogP contribution in [0, 0.1) is 0 Å². The maximum atomic E-state index is 12.2. The molecule has 2 aromatic rings. The Labute approximate surface area is 165 Å². The number of likely N-dealkylation sites (N-methyl/N-ethyl adjacent to an activating group) is 1. The summed E-state index contributed by atoms with van der Waals surface area (Å²) in [7, 11) is 5.03. The van der Waals surface area contributed by atoms with Crippen LogP contribution < -0.4 is 19.5 Å². The Morgan fingerprint density at radius 2 is 1.89 bits per heavy atom. The minimum atomic E-state index is -0.0968. The Morgan fingerprint density at radius 1 is 1.11 bits per heavy atom. The Morgan fingerprint density at radius 3 is 2.59 bits per heavy atom. The number of hydrogen-bond acceptors (Lipinski definition) is 5. The van der Waals surface area contributed by atoms with Gasteiger partial charge in [-0.15, -0.1) is 0 Å². The van der Waals surface area contributed by atoms with Crippen molar-refractivity contribution in [3.8, 4) is 17.2 Å². The van der Waals surface area contributed by atoms with E-state index in [4.69, 9.17) is 25.8 Å². The number of methoxy groups -OCH3 is 2. The molecular formula is C20H25ClN2O4. The zero-order valence-electron chi connectivity index (χ0n) is 15.8. The van der Waals surface area contributed by atoms with Crippen molar-refractivity contribution in [3.63, 3.8) is 0 Å². The van der Waals surface area contributed by atoms with Gasteiger partial charge in [-0.25, -0.2) is 0 Å². The van der Waals surface area contributed by atoms with Crippen molar-refractivity contribution in [3.05, 3.63) is 47.5 Å². The minimum absolute atomic E-state index is 0.0968. The molecule has 1 N–H and O–H groups in total. The maximum Gasteiger partial charge on any atom is 0.238 e. The monoisotopic (exact) mass is 392 g/mol. The van der Waals surface area contributed by atoms with Crippen molar-refractivity contribution >= 4 is 23.2 Å². The second kappa shape index (κ2) is 10.6. The highest BCUT2D eigenvalue weighted by atomic mass is 35.5. The molecule has 0 fully saturated rings. The zero-order chi connectivity index (χ0) is 19.6. The van der Waals surface area contributed by atoms with Crippen molar-refractivity contribution in [1.82, 2.24) is 4.90 Å². The Kier molecular flexibility index (Phi) is 8.23. The number of nitrogens with zero attached hydrogens (tertiary/aromatic N) is 1. The van der Waals surface area contributed by atoms with Gasteiger partial charge in [0.15, 0.2) is 11.5 Å². The first-order chi connectivity index (χ1) is 13.0. The van der Waals surface area contributed by atoms with Gasteiger partial charge in [-0.3, -0.25) is 9.69 Å². The van der Waals surface area contributed by atoms with Crippen LogP contribution in [0.2, 0.25) is 5.02 Å². The predicted molar refractivity (Wildman–Crippen MR) is 107 cm³/mol. The molecule has 0 saturated carbocycles. The normalized spacial score (nSPS) is 10.6. The number of benzene rings is 2. The fraction of sp³-hybridized carbons (Fsp3) is 0.350. The molecule has 0 bridgehead atoms. The summed E-state index contributed by atoms with van der Waals surface area (Å²) in [5.74, 6) is 1.84. The molecule has 0 aliphatic carbocycles. The van der Waals surface area contributed by atoms with Gasteiger partial charge in [0.25, 0.3) is 0 Å². The van der Waals surface area contributed by atoms with E-state index < -0.39 is 0 Å². The Hall–Kier alpha value is -2.44. The van der Waals surface area contributed by atoms with E-state index in [-0.39, 0.29) is 12.5 Å². The molecule has 6 nitrogen and oxygen atoms in total. The molecule has 1 amide bonds. The average Bonchev–Trinajstić information content (AvgIpc) is 2.65. The summed E-state index contributed by atoms with van der Waals surface area (Å²) in [4.78, 5) is 14.1. The lowest BCUT2D eigenvalue weighted by molar-refractivity contribution is -0.117. The van der Waals surface area contributed by atoms with Crippen molar-refractivity contribution < 1.29 is 19.0 Å².